The number of ether oxygens (including phenoxy) is 1. The number of hydrogen-bond acceptors (Lipinski definition) is 6. The van der Waals surface area contributed by atoms with Crippen LogP contribution < -0.4 is 4.74 Å². The molecule has 0 N–H and O–H groups in total. The Morgan fingerprint density at radius 3 is 2.61 bits per heavy atom. The average Bonchev–Trinajstić information content (AvgIpc) is 2.82. The molecule has 1 heterocycles. The van der Waals surface area contributed by atoms with Gasteiger partial charge in [0.25, 0.3) is 5.69 Å². The topological polar surface area (TPSA) is 81.9 Å². The van der Waals surface area contributed by atoms with E-state index < -0.39 is 11.1 Å². The molecule has 7 heteroatoms. The van der Waals surface area contributed by atoms with Crippen molar-refractivity contribution >= 4 is 11.8 Å². The third-order valence-corrected chi connectivity index (χ3v) is 2.36. The van der Waals surface area contributed by atoms with Crippen molar-refractivity contribution in [2.75, 3.05) is 6.54 Å². The average molecular weight is 251 g/mol. The first-order chi connectivity index (χ1) is 8.65. The van der Waals surface area contributed by atoms with Gasteiger partial charge < -0.3 is 9.57 Å². The zero-order chi connectivity index (χ0) is 13.0. The first kappa shape index (κ1) is 12.3. The van der Waals surface area contributed by atoms with E-state index in [-0.39, 0.29) is 11.4 Å². The van der Waals surface area contributed by atoms with Gasteiger partial charge in [0.2, 0.25) is 0 Å². The number of nitro benzene ring substituents is 1. The largest absolute Gasteiger partial charge is 0.533 e. The predicted octanol–water partition coefficient (Wildman–Crippen LogP) is 2.28. The molecule has 2 rings (SSSR count). The van der Waals surface area contributed by atoms with Crippen molar-refractivity contribution in [1.82, 2.24) is 5.06 Å². The minimum Gasteiger partial charge on any atom is -0.394 e. The zero-order valence-corrected chi connectivity index (χ0v) is 9.44. The van der Waals surface area contributed by atoms with Gasteiger partial charge in [-0.3, -0.25) is 10.1 Å². The highest BCUT2D eigenvalue weighted by molar-refractivity contribution is 5.63. The van der Waals surface area contributed by atoms with Crippen molar-refractivity contribution in [2.45, 2.75) is 12.8 Å². The van der Waals surface area contributed by atoms with E-state index >= 15 is 0 Å². The Bertz CT molecular complexity index is 439. The van der Waals surface area contributed by atoms with Crippen molar-refractivity contribution < 1.29 is 19.3 Å². The van der Waals surface area contributed by atoms with Crippen LogP contribution in [0.15, 0.2) is 24.3 Å². The third-order valence-electron chi connectivity index (χ3n) is 2.36. The van der Waals surface area contributed by atoms with Crippen LogP contribution in [-0.2, 0) is 4.84 Å². The Balaban J connectivity index is 1.88. The van der Waals surface area contributed by atoms with E-state index in [9.17, 15) is 14.9 Å². The lowest BCUT2D eigenvalue weighted by Crippen LogP contribution is -2.23. The summed E-state index contributed by atoms with van der Waals surface area (Å²) in [5, 5.41) is 11.8. The fourth-order valence-corrected chi connectivity index (χ4v) is 1.50. The van der Waals surface area contributed by atoms with Crippen LogP contribution in [0, 0.1) is 16.7 Å². The van der Waals surface area contributed by atoms with E-state index in [1.165, 1.54) is 29.3 Å². The standard InChI is InChI=1S/C11H11N2O5/c14-11(18-12-7-1-2-8-12)17-10-5-3-9(4-6-10)13(15)16/h3-7H,1-2,8H2. The monoisotopic (exact) mass is 251 g/mol. The van der Waals surface area contributed by atoms with Crippen molar-refractivity contribution in [3.8, 4) is 5.75 Å². The number of carbonyl (C=O) groups excluding carboxylic acids is 1. The summed E-state index contributed by atoms with van der Waals surface area (Å²) in [5.41, 5.74) is -0.0661. The SMILES string of the molecule is O=C(Oc1ccc([N+](=O)[O-])cc1)ON1[CH]CCC1. The molecule has 0 amide bonds. The van der Waals surface area contributed by atoms with Crippen molar-refractivity contribution in [3.63, 3.8) is 0 Å². The van der Waals surface area contributed by atoms with Crippen LogP contribution in [-0.4, -0.2) is 22.7 Å². The van der Waals surface area contributed by atoms with E-state index in [0.717, 1.165) is 12.8 Å². The fraction of sp³-hybridized carbons (Fsp3) is 0.273. The number of rotatable bonds is 3. The molecule has 0 bridgehead atoms. The first-order valence-corrected chi connectivity index (χ1v) is 5.39. The second kappa shape index (κ2) is 5.46. The van der Waals surface area contributed by atoms with Crippen molar-refractivity contribution in [2.24, 2.45) is 0 Å². The number of benzene rings is 1. The minimum atomic E-state index is -0.859. The highest BCUT2D eigenvalue weighted by Crippen LogP contribution is 2.18. The molecule has 1 aliphatic heterocycles. The number of hydrogen-bond donors (Lipinski definition) is 0. The van der Waals surface area contributed by atoms with Gasteiger partial charge in [-0.1, -0.05) is 0 Å². The smallest absolute Gasteiger partial charge is 0.394 e. The highest BCUT2D eigenvalue weighted by Gasteiger charge is 2.18. The zero-order valence-electron chi connectivity index (χ0n) is 9.44. The van der Waals surface area contributed by atoms with E-state index in [1.54, 1.807) is 6.54 Å². The van der Waals surface area contributed by atoms with Crippen LogP contribution in [0.1, 0.15) is 12.8 Å². The van der Waals surface area contributed by atoms with Gasteiger partial charge in [-0.05, 0) is 25.0 Å². The summed E-state index contributed by atoms with van der Waals surface area (Å²) >= 11 is 0. The lowest BCUT2D eigenvalue weighted by molar-refractivity contribution is -0.384. The third kappa shape index (κ3) is 3.17. The molecule has 7 nitrogen and oxygen atoms in total. The van der Waals surface area contributed by atoms with Gasteiger partial charge in [-0.15, -0.1) is 5.06 Å². The number of carbonyl (C=O) groups is 1. The van der Waals surface area contributed by atoms with Crippen LogP contribution >= 0.6 is 0 Å². The van der Waals surface area contributed by atoms with Crippen LogP contribution in [0.5, 0.6) is 5.75 Å². The van der Waals surface area contributed by atoms with Gasteiger partial charge in [-0.25, -0.2) is 4.79 Å². The molecule has 1 fully saturated rings. The molecule has 1 aromatic carbocycles. The lowest BCUT2D eigenvalue weighted by Gasteiger charge is -2.12. The van der Waals surface area contributed by atoms with Crippen LogP contribution in [0.2, 0.25) is 0 Å². The summed E-state index contributed by atoms with van der Waals surface area (Å²) in [7, 11) is 0. The number of nitro groups is 1. The summed E-state index contributed by atoms with van der Waals surface area (Å²) < 4.78 is 4.87. The Labute approximate surface area is 103 Å². The molecule has 0 aliphatic carbocycles. The summed E-state index contributed by atoms with van der Waals surface area (Å²) in [5.74, 6) is 0.199. The number of non-ortho nitro benzene ring substituents is 1. The molecule has 1 aromatic rings. The molecular weight excluding hydrogens is 240 g/mol. The molecular formula is C11H11N2O5. The van der Waals surface area contributed by atoms with E-state index in [0.29, 0.717) is 6.54 Å². The maximum atomic E-state index is 11.3. The van der Waals surface area contributed by atoms with Gasteiger partial charge in [0.15, 0.2) is 0 Å². The van der Waals surface area contributed by atoms with E-state index in [2.05, 4.69) is 0 Å². The predicted molar refractivity (Wildman–Crippen MR) is 60.4 cm³/mol. The van der Waals surface area contributed by atoms with Crippen molar-refractivity contribution in [1.29, 1.82) is 0 Å². The van der Waals surface area contributed by atoms with Gasteiger partial charge in [-0.2, -0.15) is 0 Å². The van der Waals surface area contributed by atoms with E-state index in [4.69, 9.17) is 9.57 Å². The lowest BCUT2D eigenvalue weighted by atomic mass is 10.3. The second-order valence-corrected chi connectivity index (χ2v) is 3.66. The Morgan fingerprint density at radius 2 is 2.06 bits per heavy atom. The number of nitrogens with zero attached hydrogens (tertiary/aromatic N) is 2. The summed E-state index contributed by atoms with van der Waals surface area (Å²) in [6.07, 6.45) is 0.942. The maximum absolute atomic E-state index is 11.3. The van der Waals surface area contributed by atoms with Crippen LogP contribution in [0.3, 0.4) is 0 Å². The molecule has 1 saturated heterocycles. The summed E-state index contributed by atoms with van der Waals surface area (Å²) in [4.78, 5) is 26.1. The molecule has 0 atom stereocenters. The Morgan fingerprint density at radius 1 is 1.33 bits per heavy atom. The molecule has 1 aliphatic rings. The van der Waals surface area contributed by atoms with E-state index in [1.807, 2.05) is 0 Å². The molecule has 0 spiro atoms. The van der Waals surface area contributed by atoms with Crippen LogP contribution in [0.25, 0.3) is 0 Å². The number of hydroxylamine groups is 2. The van der Waals surface area contributed by atoms with Crippen LogP contribution in [0.4, 0.5) is 10.5 Å². The molecule has 95 valence electrons. The quantitative estimate of drug-likeness (QED) is 0.355. The first-order valence-electron chi connectivity index (χ1n) is 5.39. The fourth-order valence-electron chi connectivity index (χ4n) is 1.50. The summed E-state index contributed by atoms with van der Waals surface area (Å²) in [6, 6.07) is 5.19. The van der Waals surface area contributed by atoms with Gasteiger partial charge in [0.1, 0.15) is 5.75 Å². The normalized spacial score (nSPS) is 15.3. The minimum absolute atomic E-state index is 0.0661. The molecule has 0 saturated carbocycles. The Hall–Kier alpha value is -2.15. The summed E-state index contributed by atoms with van der Waals surface area (Å²) in [6.45, 7) is 2.41. The van der Waals surface area contributed by atoms with Crippen molar-refractivity contribution in [3.05, 3.63) is 40.9 Å². The Kier molecular flexibility index (Phi) is 3.73. The molecule has 0 unspecified atom stereocenters. The van der Waals surface area contributed by atoms with Gasteiger partial charge in [0.05, 0.1) is 11.5 Å². The molecule has 1 radical (unpaired) electrons. The molecule has 18 heavy (non-hydrogen) atoms. The highest BCUT2D eigenvalue weighted by atomic mass is 16.8. The van der Waals surface area contributed by atoms with Gasteiger partial charge >= 0.3 is 6.16 Å². The molecule has 0 aromatic heterocycles. The van der Waals surface area contributed by atoms with Gasteiger partial charge in [0, 0.05) is 18.7 Å². The maximum Gasteiger partial charge on any atom is 0.533 e. The second-order valence-electron chi connectivity index (χ2n) is 3.66.